The number of carbonyl (C=O) groups is 1. The van der Waals surface area contributed by atoms with Gasteiger partial charge in [0.25, 0.3) is 5.19 Å². The van der Waals surface area contributed by atoms with Crippen molar-refractivity contribution in [1.29, 1.82) is 0 Å². The van der Waals surface area contributed by atoms with Crippen molar-refractivity contribution >= 4 is 27.6 Å². The van der Waals surface area contributed by atoms with Gasteiger partial charge in [0, 0.05) is 37.8 Å². The predicted molar refractivity (Wildman–Crippen MR) is 113 cm³/mol. The van der Waals surface area contributed by atoms with Crippen LogP contribution in [0.2, 0.25) is 0 Å². The average molecular weight is 409 g/mol. The summed E-state index contributed by atoms with van der Waals surface area (Å²) in [5.74, 6) is 1.01. The van der Waals surface area contributed by atoms with Crippen LogP contribution in [-0.4, -0.2) is 38.9 Å². The van der Waals surface area contributed by atoms with E-state index in [9.17, 15) is 4.79 Å². The van der Waals surface area contributed by atoms with E-state index in [0.717, 1.165) is 48.3 Å². The zero-order valence-corrected chi connectivity index (χ0v) is 17.2. The Morgan fingerprint density at radius 3 is 2.66 bits per heavy atom. The molecule has 2 saturated heterocycles. The smallest absolute Gasteiger partial charge is 0.281 e. The number of ether oxygens (including phenoxy) is 1. The fourth-order valence-corrected chi connectivity index (χ4v) is 5.48. The maximum Gasteiger partial charge on any atom is 0.281 e. The molecule has 7 heteroatoms. The molecule has 0 saturated carbocycles. The number of thiazole rings is 1. The largest absolute Gasteiger partial charge is 0.431 e. The fourth-order valence-electron chi connectivity index (χ4n) is 4.69. The molecule has 2 aliphatic rings. The molecule has 1 aromatic carbocycles. The molecular formula is C22H24N4O2S. The summed E-state index contributed by atoms with van der Waals surface area (Å²) in [6.45, 7) is 2.53. The predicted octanol–water partition coefficient (Wildman–Crippen LogP) is 4.12. The molecule has 5 rings (SSSR count). The number of rotatable bonds is 5. The van der Waals surface area contributed by atoms with Crippen molar-refractivity contribution in [2.75, 3.05) is 0 Å². The lowest BCUT2D eigenvalue weighted by molar-refractivity contribution is -0.133. The van der Waals surface area contributed by atoms with E-state index in [0.29, 0.717) is 23.3 Å². The molecular weight excluding hydrogens is 384 g/mol. The summed E-state index contributed by atoms with van der Waals surface area (Å²) in [6, 6.07) is 13.4. The Bertz CT molecular complexity index is 972. The summed E-state index contributed by atoms with van der Waals surface area (Å²) in [5.41, 5.74) is 1.95. The molecule has 2 fully saturated rings. The lowest BCUT2D eigenvalue weighted by Gasteiger charge is -2.38. The van der Waals surface area contributed by atoms with E-state index >= 15 is 0 Å². The number of hydrogen-bond acceptors (Lipinski definition) is 6. The molecule has 0 aliphatic carbocycles. The minimum Gasteiger partial charge on any atom is -0.431 e. The maximum atomic E-state index is 11.8. The van der Waals surface area contributed by atoms with Crippen LogP contribution >= 0.6 is 11.3 Å². The highest BCUT2D eigenvalue weighted by Gasteiger charge is 2.41. The van der Waals surface area contributed by atoms with Gasteiger partial charge in [-0.1, -0.05) is 23.5 Å². The second-order valence-electron chi connectivity index (χ2n) is 7.91. The summed E-state index contributed by atoms with van der Waals surface area (Å²) in [7, 11) is 0. The normalized spacial score (nSPS) is 23.5. The Labute approximate surface area is 173 Å². The molecule has 6 nitrogen and oxygen atoms in total. The molecule has 3 aromatic rings. The van der Waals surface area contributed by atoms with Crippen molar-refractivity contribution in [2.45, 2.75) is 57.3 Å². The van der Waals surface area contributed by atoms with Crippen LogP contribution in [0.1, 0.15) is 38.2 Å². The summed E-state index contributed by atoms with van der Waals surface area (Å²) in [4.78, 5) is 22.6. The van der Waals surface area contributed by atoms with E-state index in [2.05, 4.69) is 32.3 Å². The minimum absolute atomic E-state index is 0.232. The molecule has 1 amide bonds. The molecule has 0 radical (unpaired) electrons. The molecule has 2 bridgehead atoms. The highest BCUT2D eigenvalue weighted by molar-refractivity contribution is 7.20. The first kappa shape index (κ1) is 18.5. The van der Waals surface area contributed by atoms with E-state index in [-0.39, 0.29) is 5.91 Å². The van der Waals surface area contributed by atoms with Gasteiger partial charge in [-0.3, -0.25) is 4.79 Å². The van der Waals surface area contributed by atoms with E-state index < -0.39 is 0 Å². The topological polar surface area (TPSA) is 67.4 Å². The van der Waals surface area contributed by atoms with Crippen LogP contribution in [0.5, 0.6) is 10.9 Å². The summed E-state index contributed by atoms with van der Waals surface area (Å²) >= 11 is 1.50. The van der Waals surface area contributed by atoms with Crippen molar-refractivity contribution in [3.05, 3.63) is 48.2 Å². The number of benzene rings is 1. The van der Waals surface area contributed by atoms with Crippen molar-refractivity contribution in [2.24, 2.45) is 0 Å². The first-order valence-corrected chi connectivity index (χ1v) is 11.0. The number of hydrogen-bond donors (Lipinski definition) is 1. The van der Waals surface area contributed by atoms with Gasteiger partial charge in [0.05, 0.1) is 4.70 Å². The van der Waals surface area contributed by atoms with Gasteiger partial charge in [-0.15, -0.1) is 0 Å². The van der Waals surface area contributed by atoms with Gasteiger partial charge in [0.15, 0.2) is 5.65 Å². The Morgan fingerprint density at radius 2 is 1.97 bits per heavy atom. The van der Waals surface area contributed by atoms with Crippen LogP contribution in [0.3, 0.4) is 0 Å². The standard InChI is InChI=1S/C22H24N4O2S/c1-14(27)26-17-6-7-18(26)12-16(11-17)24-13-15-4-8-19(9-5-15)28-22-25-21-20(29-22)3-2-10-23-21/h2-5,8-10,16-18,24H,6-7,11-13H2,1H3/t16-,17-,18+. The molecule has 3 atom stereocenters. The van der Waals surface area contributed by atoms with Gasteiger partial charge >= 0.3 is 0 Å². The van der Waals surface area contributed by atoms with E-state index in [4.69, 9.17) is 4.74 Å². The van der Waals surface area contributed by atoms with Crippen LogP contribution in [-0.2, 0) is 11.3 Å². The first-order valence-electron chi connectivity index (χ1n) is 10.2. The number of amides is 1. The number of carbonyl (C=O) groups excluding carboxylic acids is 1. The van der Waals surface area contributed by atoms with Gasteiger partial charge in [-0.05, 0) is 55.5 Å². The lowest BCUT2D eigenvalue weighted by atomic mass is 9.97. The van der Waals surface area contributed by atoms with Crippen molar-refractivity contribution in [3.63, 3.8) is 0 Å². The summed E-state index contributed by atoms with van der Waals surface area (Å²) < 4.78 is 6.91. The lowest BCUT2D eigenvalue weighted by Crippen LogP contribution is -2.50. The number of nitrogens with zero attached hydrogens (tertiary/aromatic N) is 3. The quantitative estimate of drug-likeness (QED) is 0.688. The Morgan fingerprint density at radius 1 is 1.21 bits per heavy atom. The van der Waals surface area contributed by atoms with Crippen molar-refractivity contribution in [3.8, 4) is 10.9 Å². The molecule has 0 spiro atoms. The third kappa shape index (κ3) is 3.84. The van der Waals surface area contributed by atoms with Gasteiger partial charge < -0.3 is 15.0 Å². The third-order valence-electron chi connectivity index (χ3n) is 5.97. The first-order chi connectivity index (χ1) is 14.2. The maximum absolute atomic E-state index is 11.8. The zero-order valence-electron chi connectivity index (χ0n) is 16.4. The van der Waals surface area contributed by atoms with E-state index in [1.54, 1.807) is 13.1 Å². The van der Waals surface area contributed by atoms with E-state index in [1.807, 2.05) is 24.3 Å². The molecule has 1 N–H and O–H groups in total. The molecule has 4 heterocycles. The number of aromatic nitrogens is 2. The number of pyridine rings is 1. The SMILES string of the molecule is CC(=O)N1[C@@H]2CC[C@H]1C[C@H](NCc1ccc(Oc3nc4ncccc4s3)cc1)C2. The van der Waals surface area contributed by atoms with Crippen LogP contribution in [0.4, 0.5) is 0 Å². The van der Waals surface area contributed by atoms with Crippen molar-refractivity contribution in [1.82, 2.24) is 20.2 Å². The molecule has 2 aromatic heterocycles. The highest BCUT2D eigenvalue weighted by atomic mass is 32.1. The number of piperidine rings is 1. The van der Waals surface area contributed by atoms with Gasteiger partial charge in [0.2, 0.25) is 5.91 Å². The number of nitrogens with one attached hydrogen (secondary N) is 1. The average Bonchev–Trinajstić information content (AvgIpc) is 3.25. The zero-order chi connectivity index (χ0) is 19.8. The second kappa shape index (κ2) is 7.72. The van der Waals surface area contributed by atoms with Crippen molar-refractivity contribution < 1.29 is 9.53 Å². The molecule has 2 aliphatic heterocycles. The summed E-state index contributed by atoms with van der Waals surface area (Å²) in [5, 5.41) is 4.30. The Kier molecular flexibility index (Phi) is 4.93. The fraction of sp³-hybridized carbons (Fsp3) is 0.409. The minimum atomic E-state index is 0.232. The van der Waals surface area contributed by atoms with E-state index in [1.165, 1.54) is 16.9 Å². The van der Waals surface area contributed by atoms with Crippen LogP contribution in [0, 0.1) is 0 Å². The van der Waals surface area contributed by atoms with Crippen LogP contribution < -0.4 is 10.1 Å². The van der Waals surface area contributed by atoms with Gasteiger partial charge in [-0.2, -0.15) is 4.98 Å². The van der Waals surface area contributed by atoms with Gasteiger partial charge in [-0.25, -0.2) is 4.98 Å². The Hall–Kier alpha value is -2.51. The third-order valence-corrected chi connectivity index (χ3v) is 6.85. The van der Waals surface area contributed by atoms with Crippen LogP contribution in [0.15, 0.2) is 42.6 Å². The summed E-state index contributed by atoms with van der Waals surface area (Å²) in [6.07, 6.45) is 6.15. The highest BCUT2D eigenvalue weighted by Crippen LogP contribution is 2.36. The molecule has 29 heavy (non-hydrogen) atoms. The second-order valence-corrected chi connectivity index (χ2v) is 8.90. The van der Waals surface area contributed by atoms with Gasteiger partial charge in [0.1, 0.15) is 5.75 Å². The monoisotopic (exact) mass is 408 g/mol. The number of fused-ring (bicyclic) bond motifs is 3. The van der Waals surface area contributed by atoms with Crippen LogP contribution in [0.25, 0.3) is 10.3 Å². The molecule has 150 valence electrons. The molecule has 0 unspecified atom stereocenters. The Balaban J connectivity index is 1.17.